The molecule has 0 spiro atoms. The first-order valence-corrected chi connectivity index (χ1v) is 15.0. The number of benzene rings is 2. The van der Waals surface area contributed by atoms with Crippen LogP contribution < -0.4 is 33.8 Å². The van der Waals surface area contributed by atoms with Crippen molar-refractivity contribution in [1.82, 2.24) is 4.57 Å². The molecule has 0 bridgehead atoms. The third-order valence-corrected chi connectivity index (χ3v) is 7.66. The summed E-state index contributed by atoms with van der Waals surface area (Å²) in [7, 11) is 2.74. The van der Waals surface area contributed by atoms with Gasteiger partial charge in [0.05, 0.1) is 50.2 Å². The number of ether oxygens (including phenoxy) is 6. The molecule has 3 aromatic rings. The molecule has 228 valence electrons. The average Bonchev–Trinajstić information content (AvgIpc) is 3.31. The summed E-state index contributed by atoms with van der Waals surface area (Å²) in [6.45, 7) is 6.11. The maximum Gasteiger partial charge on any atom is 0.344 e. The molecule has 0 N–H and O–H groups in total. The Morgan fingerprint density at radius 1 is 1.00 bits per heavy atom. The van der Waals surface area contributed by atoms with E-state index in [2.05, 4.69) is 20.9 Å². The number of aromatic nitrogens is 1. The fraction of sp³-hybridized carbons (Fsp3) is 0.333. The first kappa shape index (κ1) is 31.8. The van der Waals surface area contributed by atoms with Crippen molar-refractivity contribution in [3.63, 3.8) is 0 Å². The van der Waals surface area contributed by atoms with Gasteiger partial charge in [-0.2, -0.15) is 0 Å². The highest BCUT2D eigenvalue weighted by atomic mass is 79.9. The molecule has 0 radical (unpaired) electrons. The van der Waals surface area contributed by atoms with Crippen molar-refractivity contribution in [2.24, 2.45) is 4.99 Å². The van der Waals surface area contributed by atoms with Gasteiger partial charge in [0, 0.05) is 16.2 Å². The fourth-order valence-electron chi connectivity index (χ4n) is 4.46. The second-order valence-corrected chi connectivity index (χ2v) is 10.8. The van der Waals surface area contributed by atoms with Gasteiger partial charge in [0.2, 0.25) is 0 Å². The van der Waals surface area contributed by atoms with Crippen molar-refractivity contribution < 1.29 is 38.0 Å². The van der Waals surface area contributed by atoms with Gasteiger partial charge in [-0.25, -0.2) is 14.6 Å². The molecule has 1 aliphatic rings. The van der Waals surface area contributed by atoms with E-state index >= 15 is 0 Å². The highest BCUT2D eigenvalue weighted by molar-refractivity contribution is 9.10. The van der Waals surface area contributed by atoms with E-state index in [4.69, 9.17) is 28.4 Å². The molecule has 0 amide bonds. The Balaban J connectivity index is 1.89. The first-order chi connectivity index (χ1) is 20.8. The molecule has 0 saturated carbocycles. The van der Waals surface area contributed by atoms with E-state index in [-0.39, 0.29) is 24.5 Å². The highest BCUT2D eigenvalue weighted by Gasteiger charge is 2.31. The molecular weight excluding hydrogens is 644 g/mol. The maximum absolute atomic E-state index is 14.0. The third-order valence-electron chi connectivity index (χ3n) is 6.20. The molecule has 1 atom stereocenters. The van der Waals surface area contributed by atoms with Crippen LogP contribution in [0.3, 0.4) is 0 Å². The number of hydrogen-bond acceptors (Lipinski definition) is 11. The molecule has 11 nitrogen and oxygen atoms in total. The number of thiazole rings is 1. The summed E-state index contributed by atoms with van der Waals surface area (Å²) in [6, 6.07) is 7.84. The van der Waals surface area contributed by atoms with Gasteiger partial charge in [-0.05, 0) is 56.7 Å². The average molecular weight is 676 g/mol. The number of carbonyl (C=O) groups is 2. The lowest BCUT2D eigenvalue weighted by Gasteiger charge is -2.23. The number of methoxy groups -OCH3 is 2. The third kappa shape index (κ3) is 6.94. The van der Waals surface area contributed by atoms with Crippen LogP contribution >= 0.6 is 27.3 Å². The summed E-state index contributed by atoms with van der Waals surface area (Å²) in [5.74, 6) is 0.458. The number of rotatable bonds is 12. The minimum atomic E-state index is -0.850. The van der Waals surface area contributed by atoms with E-state index in [0.717, 1.165) is 11.3 Å². The van der Waals surface area contributed by atoms with E-state index in [1.807, 2.05) is 13.8 Å². The number of esters is 2. The van der Waals surface area contributed by atoms with Crippen molar-refractivity contribution in [2.45, 2.75) is 26.8 Å². The largest absolute Gasteiger partial charge is 0.493 e. The molecule has 0 saturated heterocycles. The quantitative estimate of drug-likeness (QED) is 0.266. The van der Waals surface area contributed by atoms with Gasteiger partial charge in [0.1, 0.15) is 0 Å². The number of hydrogen-bond donors (Lipinski definition) is 0. The predicted molar refractivity (Wildman–Crippen MR) is 163 cm³/mol. The van der Waals surface area contributed by atoms with Crippen molar-refractivity contribution in [3.8, 4) is 23.0 Å². The topological polar surface area (TPSA) is 124 Å². The standard InChI is InChI=1S/C30H31BrN2O9S/c1-6-39-21-10-9-17(12-22(21)40-7-2)26-20(29(36)38-5)15-32-30-33(26)28(35)24(43-30)13-18-11-19(31)14-23(37-4)27(18)42-16-25(34)41-8-3/h9-15,26H,6-8,16H2,1-5H3/b24-13+/t26-/m1/s1. The highest BCUT2D eigenvalue weighted by Crippen LogP contribution is 2.36. The normalized spacial score (nSPS) is 14.2. The van der Waals surface area contributed by atoms with Gasteiger partial charge in [-0.15, -0.1) is 0 Å². The lowest BCUT2D eigenvalue weighted by Crippen LogP contribution is -2.39. The lowest BCUT2D eigenvalue weighted by molar-refractivity contribution is -0.145. The van der Waals surface area contributed by atoms with Crippen LogP contribution in [0.5, 0.6) is 23.0 Å². The van der Waals surface area contributed by atoms with Crippen LogP contribution in [0.15, 0.2) is 56.4 Å². The van der Waals surface area contributed by atoms with Gasteiger partial charge < -0.3 is 28.4 Å². The molecule has 2 heterocycles. The zero-order chi connectivity index (χ0) is 31.1. The summed E-state index contributed by atoms with van der Waals surface area (Å²) in [4.78, 5) is 43.7. The Labute approximate surface area is 260 Å². The van der Waals surface area contributed by atoms with Crippen LogP contribution in [0.1, 0.15) is 37.9 Å². The zero-order valence-electron chi connectivity index (χ0n) is 24.3. The Bertz CT molecular complexity index is 1730. The Hall–Kier alpha value is -4.10. The van der Waals surface area contributed by atoms with Gasteiger partial charge in [-0.3, -0.25) is 9.36 Å². The summed E-state index contributed by atoms with van der Waals surface area (Å²) >= 11 is 4.60. The molecule has 13 heteroatoms. The Morgan fingerprint density at radius 2 is 1.74 bits per heavy atom. The maximum atomic E-state index is 14.0. The van der Waals surface area contributed by atoms with Crippen LogP contribution in [-0.2, 0) is 19.1 Å². The molecule has 0 aliphatic carbocycles. The molecular formula is C30H31BrN2O9S. The predicted octanol–water partition coefficient (Wildman–Crippen LogP) is 3.53. The second-order valence-electron chi connectivity index (χ2n) is 8.87. The Morgan fingerprint density at radius 3 is 2.42 bits per heavy atom. The summed E-state index contributed by atoms with van der Waals surface area (Å²) in [5, 5.41) is 0. The van der Waals surface area contributed by atoms with Gasteiger partial charge in [-0.1, -0.05) is 33.3 Å². The van der Waals surface area contributed by atoms with Crippen LogP contribution in [0.2, 0.25) is 0 Å². The molecule has 43 heavy (non-hydrogen) atoms. The van der Waals surface area contributed by atoms with Crippen LogP contribution in [0, 0.1) is 0 Å². The monoisotopic (exact) mass is 674 g/mol. The summed E-state index contributed by atoms with van der Waals surface area (Å²) in [6.07, 6.45) is 3.04. The van der Waals surface area contributed by atoms with Crippen LogP contribution in [0.4, 0.5) is 0 Å². The number of carbonyl (C=O) groups excluding carboxylic acids is 2. The van der Waals surface area contributed by atoms with Crippen LogP contribution in [-0.4, -0.2) is 57.2 Å². The van der Waals surface area contributed by atoms with Gasteiger partial charge in [0.25, 0.3) is 5.56 Å². The second kappa shape index (κ2) is 14.4. The van der Waals surface area contributed by atoms with Gasteiger partial charge >= 0.3 is 11.9 Å². The van der Waals surface area contributed by atoms with Crippen LogP contribution in [0.25, 0.3) is 6.08 Å². The Kier molecular flexibility index (Phi) is 10.6. The molecule has 4 rings (SSSR count). The summed E-state index contributed by atoms with van der Waals surface area (Å²) < 4.78 is 35.2. The molecule has 1 aliphatic heterocycles. The van der Waals surface area contributed by atoms with Crippen molar-refractivity contribution in [1.29, 1.82) is 0 Å². The smallest absolute Gasteiger partial charge is 0.344 e. The summed E-state index contributed by atoms with van der Waals surface area (Å²) in [5.41, 5.74) is 0.860. The number of fused-ring (bicyclic) bond motifs is 1. The van der Waals surface area contributed by atoms with E-state index in [1.54, 1.807) is 43.3 Å². The minimum absolute atomic E-state index is 0.177. The molecule has 0 fully saturated rings. The van der Waals surface area contributed by atoms with E-state index in [0.29, 0.717) is 55.4 Å². The molecule has 1 aromatic heterocycles. The minimum Gasteiger partial charge on any atom is -0.493 e. The van der Waals surface area contributed by atoms with E-state index in [1.165, 1.54) is 25.0 Å². The van der Waals surface area contributed by atoms with E-state index in [9.17, 15) is 14.4 Å². The SMILES string of the molecule is CCOC(=O)COc1c(/C=c2/sc3n(c2=O)[C@H](c2ccc(OCC)c(OCC)c2)C(C(=O)OC)=CN=3)cc(Br)cc1OC. The zero-order valence-corrected chi connectivity index (χ0v) is 26.7. The number of halogens is 1. The molecule has 0 unspecified atom stereocenters. The van der Waals surface area contributed by atoms with Gasteiger partial charge in [0.15, 0.2) is 34.4 Å². The van der Waals surface area contributed by atoms with E-state index < -0.39 is 23.5 Å². The van der Waals surface area contributed by atoms with Crippen molar-refractivity contribution in [3.05, 3.63) is 77.4 Å². The van der Waals surface area contributed by atoms with Crippen molar-refractivity contribution in [2.75, 3.05) is 40.6 Å². The lowest BCUT2D eigenvalue weighted by atomic mass is 9.97. The first-order valence-electron chi connectivity index (χ1n) is 13.4. The number of nitrogens with zero attached hydrogens (tertiary/aromatic N) is 2. The van der Waals surface area contributed by atoms with Crippen molar-refractivity contribution >= 4 is 45.3 Å². The molecule has 2 aromatic carbocycles. The fourth-order valence-corrected chi connectivity index (χ4v) is 5.88.